The number of aliphatic imine (C=N–C) groups is 3. The molecule has 2 atom stereocenters. The summed E-state index contributed by atoms with van der Waals surface area (Å²) in [5.74, 6) is 0. The molecular weight excluding hydrogens is 332 g/mol. The van der Waals surface area contributed by atoms with E-state index in [2.05, 4.69) is 64.6 Å². The Kier molecular flexibility index (Phi) is 3.75. The van der Waals surface area contributed by atoms with Crippen LogP contribution in [0, 0.1) is 0 Å². The Hall–Kier alpha value is -3.40. The number of rotatable bonds is 2. The lowest BCUT2D eigenvalue weighted by atomic mass is 9.97. The van der Waals surface area contributed by atoms with Crippen LogP contribution in [0.2, 0.25) is 0 Å². The van der Waals surface area contributed by atoms with Crippen molar-refractivity contribution >= 4 is 28.5 Å². The third-order valence-corrected chi connectivity index (χ3v) is 4.99. The summed E-state index contributed by atoms with van der Waals surface area (Å²) in [4.78, 5) is 18.6. The molecule has 4 nitrogen and oxygen atoms in total. The van der Waals surface area contributed by atoms with Gasteiger partial charge in [0.25, 0.3) is 0 Å². The van der Waals surface area contributed by atoms with Gasteiger partial charge in [-0.1, -0.05) is 54.6 Å². The minimum atomic E-state index is -0.143. The van der Waals surface area contributed by atoms with E-state index in [-0.39, 0.29) is 12.2 Å². The van der Waals surface area contributed by atoms with Gasteiger partial charge in [-0.3, -0.25) is 20.0 Å². The molecule has 3 aromatic rings. The molecule has 3 heterocycles. The summed E-state index contributed by atoms with van der Waals surface area (Å²) in [6.07, 6.45) is 7.49. The molecule has 2 aliphatic heterocycles. The van der Waals surface area contributed by atoms with Crippen molar-refractivity contribution in [3.63, 3.8) is 0 Å². The number of hydrogen-bond donors (Lipinski definition) is 0. The molecule has 0 saturated carbocycles. The van der Waals surface area contributed by atoms with Gasteiger partial charge in [-0.15, -0.1) is 0 Å². The molecule has 27 heavy (non-hydrogen) atoms. The zero-order chi connectivity index (χ0) is 18.2. The van der Waals surface area contributed by atoms with E-state index >= 15 is 0 Å². The Morgan fingerprint density at radius 3 is 2.56 bits per heavy atom. The second-order valence-electron chi connectivity index (χ2n) is 6.74. The Morgan fingerprint density at radius 1 is 0.852 bits per heavy atom. The van der Waals surface area contributed by atoms with E-state index in [1.54, 1.807) is 6.21 Å². The van der Waals surface area contributed by atoms with Crippen LogP contribution in [-0.2, 0) is 0 Å². The van der Waals surface area contributed by atoms with E-state index in [0.717, 1.165) is 39.0 Å². The quantitative estimate of drug-likeness (QED) is 0.671. The summed E-state index contributed by atoms with van der Waals surface area (Å²) in [7, 11) is 0. The summed E-state index contributed by atoms with van der Waals surface area (Å²) >= 11 is 0. The van der Waals surface area contributed by atoms with Crippen molar-refractivity contribution in [2.45, 2.75) is 19.1 Å². The van der Waals surface area contributed by atoms with Gasteiger partial charge in [0.05, 0.1) is 16.9 Å². The fourth-order valence-electron chi connectivity index (χ4n) is 3.65. The third-order valence-electron chi connectivity index (χ3n) is 4.99. The summed E-state index contributed by atoms with van der Waals surface area (Å²) in [6, 6.07) is 18.8. The Labute approximate surface area is 157 Å². The minimum absolute atomic E-state index is 0.0276. The minimum Gasteiger partial charge on any atom is -0.276 e. The standard InChI is InChI=1S/C23H18N4/c1-15-21(27-23-20(26-15)8-4-14-25-23)18-11-9-16(10-12-18)19-7-2-5-17-6-3-13-24-22(17)19/h2-14,20,23H,1H3. The van der Waals surface area contributed by atoms with E-state index in [9.17, 15) is 0 Å². The molecule has 2 aromatic carbocycles. The molecule has 0 spiro atoms. The molecule has 5 rings (SSSR count). The van der Waals surface area contributed by atoms with Crippen LogP contribution < -0.4 is 0 Å². The van der Waals surface area contributed by atoms with Crippen LogP contribution in [0.15, 0.2) is 87.9 Å². The van der Waals surface area contributed by atoms with E-state index < -0.39 is 0 Å². The number of fused-ring (bicyclic) bond motifs is 2. The lowest BCUT2D eigenvalue weighted by Crippen LogP contribution is -2.31. The second-order valence-corrected chi connectivity index (χ2v) is 6.74. The monoisotopic (exact) mass is 350 g/mol. The Bertz CT molecular complexity index is 1130. The molecular formula is C23H18N4. The van der Waals surface area contributed by atoms with Crippen LogP contribution in [0.25, 0.3) is 22.0 Å². The first-order valence-electron chi connectivity index (χ1n) is 9.07. The number of dihydropyridines is 1. The molecule has 0 bridgehead atoms. The summed E-state index contributed by atoms with van der Waals surface area (Å²) in [5.41, 5.74) is 6.25. The average Bonchev–Trinajstić information content (AvgIpc) is 2.73. The van der Waals surface area contributed by atoms with Crippen LogP contribution in [0.1, 0.15) is 12.5 Å². The number of nitrogens with zero attached hydrogens (tertiary/aromatic N) is 4. The van der Waals surface area contributed by atoms with E-state index in [4.69, 9.17) is 9.98 Å². The number of benzene rings is 2. The zero-order valence-electron chi connectivity index (χ0n) is 14.9. The number of pyridine rings is 1. The summed E-state index contributed by atoms with van der Waals surface area (Å²) < 4.78 is 0. The van der Waals surface area contributed by atoms with Crippen molar-refractivity contribution in [1.29, 1.82) is 0 Å². The molecule has 0 aliphatic carbocycles. The van der Waals surface area contributed by atoms with Crippen molar-refractivity contribution in [2.24, 2.45) is 15.0 Å². The fraction of sp³-hybridized carbons (Fsp3) is 0.130. The number of hydrogen-bond acceptors (Lipinski definition) is 4. The van der Waals surface area contributed by atoms with Gasteiger partial charge in [-0.05, 0) is 24.6 Å². The van der Waals surface area contributed by atoms with Crippen LogP contribution in [-0.4, -0.2) is 34.8 Å². The van der Waals surface area contributed by atoms with Gasteiger partial charge >= 0.3 is 0 Å². The molecule has 2 unspecified atom stereocenters. The van der Waals surface area contributed by atoms with Crippen molar-refractivity contribution < 1.29 is 0 Å². The maximum absolute atomic E-state index is 4.83. The zero-order valence-corrected chi connectivity index (χ0v) is 14.9. The van der Waals surface area contributed by atoms with Gasteiger partial charge in [-0.25, -0.2) is 0 Å². The normalized spacial score (nSPS) is 20.9. The first-order chi connectivity index (χ1) is 13.3. The van der Waals surface area contributed by atoms with Crippen molar-refractivity contribution in [1.82, 2.24) is 4.98 Å². The Morgan fingerprint density at radius 2 is 1.67 bits per heavy atom. The highest BCUT2D eigenvalue weighted by atomic mass is 15.1. The highest BCUT2D eigenvalue weighted by molar-refractivity contribution is 6.48. The van der Waals surface area contributed by atoms with Crippen LogP contribution in [0.5, 0.6) is 0 Å². The van der Waals surface area contributed by atoms with Gasteiger partial charge in [0.2, 0.25) is 0 Å². The smallest absolute Gasteiger partial charge is 0.166 e. The van der Waals surface area contributed by atoms with Crippen LogP contribution >= 0.6 is 0 Å². The molecule has 0 radical (unpaired) electrons. The summed E-state index contributed by atoms with van der Waals surface area (Å²) in [6.45, 7) is 2.02. The maximum atomic E-state index is 4.83. The largest absolute Gasteiger partial charge is 0.276 e. The molecule has 130 valence electrons. The molecule has 2 aliphatic rings. The highest BCUT2D eigenvalue weighted by Gasteiger charge is 2.25. The predicted octanol–water partition coefficient (Wildman–Crippen LogP) is 4.50. The lowest BCUT2D eigenvalue weighted by molar-refractivity contribution is 0.623. The molecule has 0 N–H and O–H groups in total. The highest BCUT2D eigenvalue weighted by Crippen LogP contribution is 2.28. The van der Waals surface area contributed by atoms with Gasteiger partial charge in [0.1, 0.15) is 6.04 Å². The van der Waals surface area contributed by atoms with Gasteiger partial charge in [-0.2, -0.15) is 0 Å². The third kappa shape index (κ3) is 2.79. The number of allylic oxidation sites excluding steroid dienone is 1. The Balaban J connectivity index is 1.52. The first-order valence-corrected chi connectivity index (χ1v) is 9.07. The predicted molar refractivity (Wildman–Crippen MR) is 112 cm³/mol. The van der Waals surface area contributed by atoms with E-state index in [1.165, 1.54) is 0 Å². The molecule has 0 amide bonds. The van der Waals surface area contributed by atoms with Crippen molar-refractivity contribution in [3.8, 4) is 11.1 Å². The van der Waals surface area contributed by atoms with E-state index in [1.807, 2.05) is 25.3 Å². The number of aromatic nitrogens is 1. The lowest BCUT2D eigenvalue weighted by Gasteiger charge is -2.24. The number of para-hydroxylation sites is 1. The molecule has 0 saturated heterocycles. The SMILES string of the molecule is CC1=NC2C=CC=NC2N=C1c1ccc(-c2cccc3cccnc23)cc1. The van der Waals surface area contributed by atoms with E-state index in [0.29, 0.717) is 0 Å². The average molecular weight is 350 g/mol. The van der Waals surface area contributed by atoms with Crippen molar-refractivity contribution in [3.05, 3.63) is 78.5 Å². The first kappa shape index (κ1) is 15.8. The van der Waals surface area contributed by atoms with Crippen molar-refractivity contribution in [2.75, 3.05) is 0 Å². The maximum Gasteiger partial charge on any atom is 0.166 e. The second kappa shape index (κ2) is 6.40. The molecule has 1 aromatic heterocycles. The van der Waals surface area contributed by atoms with Crippen LogP contribution in [0.4, 0.5) is 0 Å². The molecule has 4 heteroatoms. The van der Waals surface area contributed by atoms with Gasteiger partial charge < -0.3 is 0 Å². The van der Waals surface area contributed by atoms with Crippen LogP contribution in [0.3, 0.4) is 0 Å². The van der Waals surface area contributed by atoms with Gasteiger partial charge in [0.15, 0.2) is 6.17 Å². The fourth-order valence-corrected chi connectivity index (χ4v) is 3.65. The van der Waals surface area contributed by atoms with Gasteiger partial charge in [0, 0.05) is 28.9 Å². The molecule has 0 fully saturated rings. The summed E-state index contributed by atoms with van der Waals surface area (Å²) in [5, 5.41) is 1.15. The topological polar surface area (TPSA) is 50.0 Å².